The van der Waals surface area contributed by atoms with Gasteiger partial charge in [0.15, 0.2) is 0 Å². The highest BCUT2D eigenvalue weighted by Gasteiger charge is 2.29. The number of nitrogens with zero attached hydrogens (tertiary/aromatic N) is 3. The van der Waals surface area contributed by atoms with E-state index in [0.29, 0.717) is 32.0 Å². The van der Waals surface area contributed by atoms with Crippen molar-refractivity contribution in [3.8, 4) is 0 Å². The first-order valence-electron chi connectivity index (χ1n) is 7.95. The van der Waals surface area contributed by atoms with Crippen LogP contribution in [0.1, 0.15) is 17.7 Å². The molecule has 23 heavy (non-hydrogen) atoms. The Morgan fingerprint density at radius 2 is 2.13 bits per heavy atom. The molecule has 1 N–H and O–H groups in total. The fraction of sp³-hybridized carbons (Fsp3) is 0.471. The zero-order chi connectivity index (χ0) is 16.1. The minimum Gasteiger partial charge on any atom is -0.379 e. The van der Waals surface area contributed by atoms with E-state index in [9.17, 15) is 4.79 Å². The summed E-state index contributed by atoms with van der Waals surface area (Å²) in [4.78, 5) is 16.2. The van der Waals surface area contributed by atoms with Gasteiger partial charge in [0.05, 0.1) is 19.3 Å². The third-order valence-electron chi connectivity index (χ3n) is 4.32. The molecule has 6 nitrogen and oxygen atoms in total. The SMILES string of the molecule is Cn1nccc1CCC(=O)N[C@H]1COC[C@H]1Cc1ccncc1. The number of hydrogen-bond acceptors (Lipinski definition) is 4. The molecule has 0 radical (unpaired) electrons. The van der Waals surface area contributed by atoms with Gasteiger partial charge < -0.3 is 10.1 Å². The van der Waals surface area contributed by atoms with Crippen molar-refractivity contribution in [2.24, 2.45) is 13.0 Å². The smallest absolute Gasteiger partial charge is 0.220 e. The number of rotatable bonds is 6. The maximum Gasteiger partial charge on any atom is 0.220 e. The number of aryl methyl sites for hydroxylation is 2. The van der Waals surface area contributed by atoms with Gasteiger partial charge in [0.25, 0.3) is 0 Å². The van der Waals surface area contributed by atoms with Crippen LogP contribution in [0, 0.1) is 5.92 Å². The Hall–Kier alpha value is -2.21. The summed E-state index contributed by atoms with van der Waals surface area (Å²) < 4.78 is 7.37. The quantitative estimate of drug-likeness (QED) is 0.867. The van der Waals surface area contributed by atoms with Gasteiger partial charge in [-0.2, -0.15) is 5.10 Å². The van der Waals surface area contributed by atoms with Crippen molar-refractivity contribution in [3.63, 3.8) is 0 Å². The van der Waals surface area contributed by atoms with E-state index in [1.807, 2.05) is 25.2 Å². The van der Waals surface area contributed by atoms with Crippen molar-refractivity contribution in [2.75, 3.05) is 13.2 Å². The molecular weight excluding hydrogens is 292 g/mol. The average Bonchev–Trinajstić information content (AvgIpc) is 3.16. The second-order valence-corrected chi connectivity index (χ2v) is 5.98. The summed E-state index contributed by atoms with van der Waals surface area (Å²) in [5.74, 6) is 0.388. The first-order chi connectivity index (χ1) is 11.2. The molecule has 2 aromatic heterocycles. The van der Waals surface area contributed by atoms with Gasteiger partial charge in [-0.1, -0.05) is 0 Å². The Labute approximate surface area is 135 Å². The Morgan fingerprint density at radius 3 is 2.87 bits per heavy atom. The fourth-order valence-electron chi connectivity index (χ4n) is 2.95. The molecule has 0 aromatic carbocycles. The van der Waals surface area contributed by atoms with Gasteiger partial charge in [-0.25, -0.2) is 0 Å². The largest absolute Gasteiger partial charge is 0.379 e. The van der Waals surface area contributed by atoms with Gasteiger partial charge in [-0.05, 0) is 36.6 Å². The minimum atomic E-state index is 0.0708. The highest BCUT2D eigenvalue weighted by Crippen LogP contribution is 2.19. The molecule has 1 saturated heterocycles. The molecule has 1 fully saturated rings. The number of nitrogens with one attached hydrogen (secondary N) is 1. The molecule has 6 heteroatoms. The normalized spacial score (nSPS) is 20.6. The molecule has 2 aromatic rings. The maximum absolute atomic E-state index is 12.2. The minimum absolute atomic E-state index is 0.0708. The van der Waals surface area contributed by atoms with Crippen molar-refractivity contribution in [1.29, 1.82) is 0 Å². The summed E-state index contributed by atoms with van der Waals surface area (Å²) in [7, 11) is 1.89. The van der Waals surface area contributed by atoms with Crippen LogP contribution >= 0.6 is 0 Å². The van der Waals surface area contributed by atoms with E-state index in [1.54, 1.807) is 23.3 Å². The number of pyridine rings is 1. The number of carbonyl (C=O) groups excluding carboxylic acids is 1. The number of aromatic nitrogens is 3. The monoisotopic (exact) mass is 314 g/mol. The molecule has 1 aliphatic heterocycles. The average molecular weight is 314 g/mol. The lowest BCUT2D eigenvalue weighted by Crippen LogP contribution is -2.40. The van der Waals surface area contributed by atoms with E-state index in [0.717, 1.165) is 12.1 Å². The molecule has 0 saturated carbocycles. The summed E-state index contributed by atoms with van der Waals surface area (Å²) >= 11 is 0. The van der Waals surface area contributed by atoms with Gasteiger partial charge in [-0.3, -0.25) is 14.5 Å². The summed E-state index contributed by atoms with van der Waals surface area (Å²) in [5, 5.41) is 7.24. The lowest BCUT2D eigenvalue weighted by atomic mass is 9.95. The Bertz CT molecular complexity index is 641. The lowest BCUT2D eigenvalue weighted by Gasteiger charge is -2.19. The molecule has 0 spiro atoms. The van der Waals surface area contributed by atoms with Crippen LogP contribution in [0.5, 0.6) is 0 Å². The Morgan fingerprint density at radius 1 is 1.30 bits per heavy atom. The summed E-state index contributed by atoms with van der Waals surface area (Å²) in [5.41, 5.74) is 2.29. The second-order valence-electron chi connectivity index (χ2n) is 5.98. The van der Waals surface area contributed by atoms with Gasteiger partial charge in [0.2, 0.25) is 5.91 Å². The predicted octanol–water partition coefficient (Wildman–Crippen LogP) is 1.12. The van der Waals surface area contributed by atoms with E-state index in [1.165, 1.54) is 5.56 Å². The summed E-state index contributed by atoms with van der Waals surface area (Å²) in [6, 6.07) is 6.06. The van der Waals surface area contributed by atoms with Crippen LogP contribution < -0.4 is 5.32 Å². The van der Waals surface area contributed by atoms with Crippen molar-refractivity contribution in [3.05, 3.63) is 48.0 Å². The van der Waals surface area contributed by atoms with E-state index >= 15 is 0 Å². The van der Waals surface area contributed by atoms with Crippen LogP contribution in [-0.2, 0) is 29.4 Å². The van der Waals surface area contributed by atoms with Crippen LogP contribution in [-0.4, -0.2) is 39.9 Å². The molecule has 1 aliphatic rings. The molecule has 3 rings (SSSR count). The molecule has 3 heterocycles. The molecule has 0 aliphatic carbocycles. The second kappa shape index (κ2) is 7.37. The van der Waals surface area contributed by atoms with E-state index in [-0.39, 0.29) is 11.9 Å². The number of amides is 1. The summed E-state index contributed by atoms with van der Waals surface area (Å²) in [6.07, 6.45) is 7.42. The predicted molar refractivity (Wildman–Crippen MR) is 85.7 cm³/mol. The van der Waals surface area contributed by atoms with Gasteiger partial charge in [0, 0.05) is 43.7 Å². The lowest BCUT2D eigenvalue weighted by molar-refractivity contribution is -0.122. The van der Waals surface area contributed by atoms with Gasteiger partial charge >= 0.3 is 0 Å². The molecule has 1 amide bonds. The fourth-order valence-corrected chi connectivity index (χ4v) is 2.95. The van der Waals surface area contributed by atoms with E-state index < -0.39 is 0 Å². The number of carbonyl (C=O) groups is 1. The third-order valence-corrected chi connectivity index (χ3v) is 4.32. The molecule has 0 unspecified atom stereocenters. The van der Waals surface area contributed by atoms with Crippen molar-refractivity contribution >= 4 is 5.91 Å². The maximum atomic E-state index is 12.2. The summed E-state index contributed by atoms with van der Waals surface area (Å²) in [6.45, 7) is 1.28. The van der Waals surface area contributed by atoms with Crippen LogP contribution in [0.3, 0.4) is 0 Å². The zero-order valence-electron chi connectivity index (χ0n) is 13.3. The molecule has 122 valence electrons. The topological polar surface area (TPSA) is 69.0 Å². The highest BCUT2D eigenvalue weighted by atomic mass is 16.5. The Kier molecular flexibility index (Phi) is 5.02. The highest BCUT2D eigenvalue weighted by molar-refractivity contribution is 5.76. The first-order valence-corrected chi connectivity index (χ1v) is 7.95. The van der Waals surface area contributed by atoms with Crippen molar-refractivity contribution < 1.29 is 9.53 Å². The van der Waals surface area contributed by atoms with Crippen molar-refractivity contribution in [2.45, 2.75) is 25.3 Å². The molecule has 0 bridgehead atoms. The van der Waals surface area contributed by atoms with E-state index in [2.05, 4.69) is 15.4 Å². The first kappa shape index (κ1) is 15.7. The van der Waals surface area contributed by atoms with E-state index in [4.69, 9.17) is 4.74 Å². The zero-order valence-corrected chi connectivity index (χ0v) is 13.3. The van der Waals surface area contributed by atoms with Crippen LogP contribution in [0.2, 0.25) is 0 Å². The van der Waals surface area contributed by atoms with Crippen LogP contribution in [0.4, 0.5) is 0 Å². The number of ether oxygens (including phenoxy) is 1. The van der Waals surface area contributed by atoms with Crippen LogP contribution in [0.25, 0.3) is 0 Å². The van der Waals surface area contributed by atoms with Gasteiger partial charge in [0.1, 0.15) is 0 Å². The Balaban J connectivity index is 1.50. The third kappa shape index (κ3) is 4.16. The standard InChI is InChI=1S/C17H22N4O2/c1-21-15(6-9-19-21)2-3-17(22)20-16-12-23-11-14(16)10-13-4-7-18-8-5-13/h4-9,14,16H,2-3,10-12H2,1H3,(H,20,22)/t14-,16+/m1/s1. The van der Waals surface area contributed by atoms with Gasteiger partial charge in [-0.15, -0.1) is 0 Å². The molecular formula is C17H22N4O2. The molecule has 2 atom stereocenters. The van der Waals surface area contributed by atoms with Crippen LogP contribution in [0.15, 0.2) is 36.8 Å². The number of hydrogen-bond donors (Lipinski definition) is 1. The van der Waals surface area contributed by atoms with Crippen molar-refractivity contribution in [1.82, 2.24) is 20.1 Å².